The topological polar surface area (TPSA) is 49.7 Å². The average Bonchev–Trinajstić information content (AvgIpc) is 2.26. The molecule has 1 fully saturated rings. The second-order valence-electron chi connectivity index (χ2n) is 6.15. The van der Waals surface area contributed by atoms with Gasteiger partial charge in [-0.2, -0.15) is 0 Å². The average molecular weight is 244 g/mol. The Labute approximate surface area is 105 Å². The van der Waals surface area contributed by atoms with Gasteiger partial charge in [0.15, 0.2) is 0 Å². The summed E-state index contributed by atoms with van der Waals surface area (Å²) in [7, 11) is 0. The van der Waals surface area contributed by atoms with Crippen molar-refractivity contribution in [3.05, 3.63) is 0 Å². The van der Waals surface area contributed by atoms with E-state index < -0.39 is 12.2 Å². The highest BCUT2D eigenvalue weighted by molar-refractivity contribution is 4.85. The number of ether oxygens (including phenoxy) is 1. The van der Waals surface area contributed by atoms with Gasteiger partial charge in [-0.05, 0) is 51.4 Å². The molecule has 0 spiro atoms. The largest absolute Gasteiger partial charge is 0.391 e. The Morgan fingerprint density at radius 3 is 2.12 bits per heavy atom. The molecule has 2 N–H and O–H groups in total. The highest BCUT2D eigenvalue weighted by Gasteiger charge is 2.33. The van der Waals surface area contributed by atoms with Crippen molar-refractivity contribution in [3.63, 3.8) is 0 Å². The summed E-state index contributed by atoms with van der Waals surface area (Å²) in [6.45, 7) is 8.52. The first kappa shape index (κ1) is 14.9. The van der Waals surface area contributed by atoms with Crippen LogP contribution in [0.15, 0.2) is 0 Å². The fourth-order valence-corrected chi connectivity index (χ4v) is 2.49. The minimum absolute atomic E-state index is 0.110. The lowest BCUT2D eigenvalue weighted by molar-refractivity contribution is -0.114. The molecule has 0 saturated heterocycles. The van der Waals surface area contributed by atoms with Gasteiger partial charge in [0.2, 0.25) is 0 Å². The lowest BCUT2D eigenvalue weighted by atomic mass is 9.75. The van der Waals surface area contributed by atoms with Crippen LogP contribution in [0.25, 0.3) is 0 Å². The summed E-state index contributed by atoms with van der Waals surface area (Å²) in [4.78, 5) is 0. The molecule has 0 aromatic rings. The molecule has 0 amide bonds. The van der Waals surface area contributed by atoms with Gasteiger partial charge >= 0.3 is 0 Å². The van der Waals surface area contributed by atoms with E-state index in [1.807, 2.05) is 0 Å². The number of aliphatic hydroxyl groups excluding tert-OH is 2. The lowest BCUT2D eigenvalue weighted by Crippen LogP contribution is -2.39. The Kier molecular flexibility index (Phi) is 5.42. The second-order valence-corrected chi connectivity index (χ2v) is 6.15. The van der Waals surface area contributed by atoms with Gasteiger partial charge in [-0.1, -0.05) is 13.8 Å². The van der Waals surface area contributed by atoms with E-state index in [-0.39, 0.29) is 12.2 Å². The van der Waals surface area contributed by atoms with E-state index in [9.17, 15) is 10.2 Å². The fourth-order valence-electron chi connectivity index (χ4n) is 2.49. The van der Waals surface area contributed by atoms with Crippen LogP contribution in [0.2, 0.25) is 0 Å². The molecule has 1 aliphatic rings. The van der Waals surface area contributed by atoms with Crippen LogP contribution in [0.1, 0.15) is 53.4 Å². The van der Waals surface area contributed by atoms with Crippen molar-refractivity contribution in [1.82, 2.24) is 0 Å². The van der Waals surface area contributed by atoms with Crippen LogP contribution < -0.4 is 0 Å². The molecule has 0 bridgehead atoms. The zero-order valence-electron chi connectivity index (χ0n) is 11.6. The van der Waals surface area contributed by atoms with E-state index in [0.717, 1.165) is 24.7 Å². The first-order chi connectivity index (χ1) is 7.84. The van der Waals surface area contributed by atoms with E-state index in [4.69, 9.17) is 4.74 Å². The molecule has 0 heterocycles. The van der Waals surface area contributed by atoms with Crippen molar-refractivity contribution >= 4 is 0 Å². The van der Waals surface area contributed by atoms with Gasteiger partial charge in [0.1, 0.15) is 6.10 Å². The molecule has 0 radical (unpaired) electrons. The van der Waals surface area contributed by atoms with Gasteiger partial charge in [0.25, 0.3) is 0 Å². The van der Waals surface area contributed by atoms with E-state index in [1.165, 1.54) is 12.8 Å². The molecule has 2 atom stereocenters. The molecular weight excluding hydrogens is 216 g/mol. The molecule has 1 rings (SSSR count). The van der Waals surface area contributed by atoms with Crippen LogP contribution in [0.5, 0.6) is 0 Å². The molecule has 0 aliphatic heterocycles. The molecule has 102 valence electrons. The molecule has 1 saturated carbocycles. The number of hydrogen-bond donors (Lipinski definition) is 2. The molecule has 1 aliphatic carbocycles. The number of hydrogen-bond acceptors (Lipinski definition) is 3. The van der Waals surface area contributed by atoms with Crippen LogP contribution in [-0.2, 0) is 4.74 Å². The van der Waals surface area contributed by atoms with Gasteiger partial charge in [0.05, 0.1) is 18.3 Å². The maximum Gasteiger partial charge on any atom is 0.103 e. The quantitative estimate of drug-likeness (QED) is 0.780. The van der Waals surface area contributed by atoms with Gasteiger partial charge in [-0.3, -0.25) is 0 Å². The zero-order valence-corrected chi connectivity index (χ0v) is 11.6. The van der Waals surface area contributed by atoms with Crippen molar-refractivity contribution < 1.29 is 14.9 Å². The Balaban J connectivity index is 2.34. The van der Waals surface area contributed by atoms with Crippen LogP contribution in [0.3, 0.4) is 0 Å². The first-order valence-electron chi connectivity index (χ1n) is 6.84. The molecular formula is C14H28O3. The van der Waals surface area contributed by atoms with Crippen LogP contribution in [0, 0.1) is 11.8 Å². The minimum atomic E-state index is -0.769. The SMILES string of the molecule is CC(C)C1CCC(C)(OCC(O)C(C)O)CC1. The summed E-state index contributed by atoms with van der Waals surface area (Å²) >= 11 is 0. The molecule has 0 aromatic heterocycles. The van der Waals surface area contributed by atoms with E-state index in [2.05, 4.69) is 20.8 Å². The highest BCUT2D eigenvalue weighted by Crippen LogP contribution is 2.37. The molecule has 3 nitrogen and oxygen atoms in total. The normalized spacial score (nSPS) is 33.7. The Bertz CT molecular complexity index is 218. The fraction of sp³-hybridized carbons (Fsp3) is 1.00. The monoisotopic (exact) mass is 244 g/mol. The Morgan fingerprint density at radius 1 is 1.18 bits per heavy atom. The van der Waals surface area contributed by atoms with E-state index in [1.54, 1.807) is 6.92 Å². The van der Waals surface area contributed by atoms with Crippen molar-refractivity contribution in [2.45, 2.75) is 71.2 Å². The summed E-state index contributed by atoms with van der Waals surface area (Å²) in [6, 6.07) is 0. The molecule has 2 unspecified atom stereocenters. The molecule has 17 heavy (non-hydrogen) atoms. The maximum atomic E-state index is 9.54. The van der Waals surface area contributed by atoms with Crippen molar-refractivity contribution in [2.24, 2.45) is 11.8 Å². The Morgan fingerprint density at radius 2 is 1.71 bits per heavy atom. The van der Waals surface area contributed by atoms with E-state index >= 15 is 0 Å². The van der Waals surface area contributed by atoms with Crippen molar-refractivity contribution in [3.8, 4) is 0 Å². The predicted octanol–water partition coefficient (Wildman–Crippen LogP) is 2.35. The van der Waals surface area contributed by atoms with E-state index in [0.29, 0.717) is 0 Å². The van der Waals surface area contributed by atoms with Crippen molar-refractivity contribution in [2.75, 3.05) is 6.61 Å². The summed E-state index contributed by atoms with van der Waals surface area (Å²) < 4.78 is 5.81. The third-order valence-corrected chi connectivity index (χ3v) is 4.19. The number of rotatable bonds is 5. The van der Waals surface area contributed by atoms with Gasteiger partial charge in [-0.15, -0.1) is 0 Å². The first-order valence-corrected chi connectivity index (χ1v) is 6.84. The summed E-state index contributed by atoms with van der Waals surface area (Å²) in [5.41, 5.74) is -0.110. The standard InChI is InChI=1S/C14H28O3/c1-10(2)12-5-7-14(4,8-6-12)17-9-13(16)11(3)15/h10-13,15-16H,5-9H2,1-4H3. The third-order valence-electron chi connectivity index (χ3n) is 4.19. The van der Waals surface area contributed by atoms with Gasteiger partial charge in [0, 0.05) is 0 Å². The zero-order chi connectivity index (χ0) is 13.1. The van der Waals surface area contributed by atoms with Crippen LogP contribution in [-0.4, -0.2) is 34.6 Å². The highest BCUT2D eigenvalue weighted by atomic mass is 16.5. The summed E-state index contributed by atoms with van der Waals surface area (Å²) in [5.74, 6) is 1.57. The summed E-state index contributed by atoms with van der Waals surface area (Å²) in [5, 5.41) is 18.8. The third kappa shape index (κ3) is 4.57. The smallest absolute Gasteiger partial charge is 0.103 e. The van der Waals surface area contributed by atoms with Gasteiger partial charge in [-0.25, -0.2) is 0 Å². The second kappa shape index (κ2) is 6.17. The minimum Gasteiger partial charge on any atom is -0.391 e. The van der Waals surface area contributed by atoms with Crippen molar-refractivity contribution in [1.29, 1.82) is 0 Å². The molecule has 3 heteroatoms. The molecule has 0 aromatic carbocycles. The summed E-state index contributed by atoms with van der Waals surface area (Å²) in [6.07, 6.45) is 3.04. The van der Waals surface area contributed by atoms with Crippen LogP contribution in [0.4, 0.5) is 0 Å². The van der Waals surface area contributed by atoms with Gasteiger partial charge < -0.3 is 14.9 Å². The lowest BCUT2D eigenvalue weighted by Gasteiger charge is -2.39. The number of aliphatic hydroxyl groups is 2. The van der Waals surface area contributed by atoms with Crippen LogP contribution >= 0.6 is 0 Å². The maximum absolute atomic E-state index is 9.54. The Hall–Kier alpha value is -0.120. The predicted molar refractivity (Wildman–Crippen MR) is 68.8 cm³/mol.